The number of rotatable bonds is 2. The lowest BCUT2D eigenvalue weighted by Crippen LogP contribution is -2.54. The number of alkyl halides is 7. The van der Waals surface area contributed by atoms with E-state index in [0.717, 1.165) is 0 Å². The van der Waals surface area contributed by atoms with E-state index in [2.05, 4.69) is 0 Å². The van der Waals surface area contributed by atoms with Crippen LogP contribution in [0.3, 0.4) is 0 Å². The van der Waals surface area contributed by atoms with Gasteiger partial charge in [-0.15, -0.1) is 0 Å². The number of allylic oxidation sites excluding steroid dienone is 1. The van der Waals surface area contributed by atoms with Gasteiger partial charge in [-0.1, -0.05) is 0 Å². The molecule has 16 heavy (non-hydrogen) atoms. The molecule has 0 saturated carbocycles. The summed E-state index contributed by atoms with van der Waals surface area (Å²) in [6.07, 6.45) is -13.0. The third kappa shape index (κ3) is 2.45. The summed E-state index contributed by atoms with van der Waals surface area (Å²) in [5.41, 5.74) is -7.64. The first-order chi connectivity index (χ1) is 6.84. The fraction of sp³-hybridized carbons (Fsp3) is 0.571. The molecule has 0 atom stereocenters. The van der Waals surface area contributed by atoms with Crippen LogP contribution >= 0.6 is 0 Å². The Balaban J connectivity index is 5.72. The standard InChI is InChI=1S/C7H5F7O2/c1-3(2-4(15)16)5(8,6(9,10)11)7(12,13)14/h2H,1H3,(H,15,16). The van der Waals surface area contributed by atoms with E-state index in [9.17, 15) is 35.5 Å². The van der Waals surface area contributed by atoms with Gasteiger partial charge in [0, 0.05) is 6.08 Å². The summed E-state index contributed by atoms with van der Waals surface area (Å²) in [7, 11) is 0. The molecule has 0 spiro atoms. The highest BCUT2D eigenvalue weighted by molar-refractivity contribution is 5.81. The molecule has 94 valence electrons. The van der Waals surface area contributed by atoms with Crippen molar-refractivity contribution in [2.24, 2.45) is 0 Å². The van der Waals surface area contributed by atoms with Crippen LogP contribution in [-0.2, 0) is 4.79 Å². The lowest BCUT2D eigenvalue weighted by atomic mass is 9.95. The molecular formula is C7H5F7O2. The van der Waals surface area contributed by atoms with Crippen molar-refractivity contribution in [3.63, 3.8) is 0 Å². The Bertz CT molecular complexity index is 298. The normalized spacial score (nSPS) is 15.1. The second kappa shape index (κ2) is 3.95. The summed E-state index contributed by atoms with van der Waals surface area (Å²) in [5, 5.41) is 8.00. The van der Waals surface area contributed by atoms with Gasteiger partial charge in [-0.2, -0.15) is 26.3 Å². The van der Waals surface area contributed by atoms with Gasteiger partial charge in [0.05, 0.1) is 0 Å². The lowest BCUT2D eigenvalue weighted by molar-refractivity contribution is -0.326. The molecule has 0 amide bonds. The Morgan fingerprint density at radius 1 is 1.00 bits per heavy atom. The third-order valence-corrected chi connectivity index (χ3v) is 1.66. The average Bonchev–Trinajstić information content (AvgIpc) is 1.96. The lowest BCUT2D eigenvalue weighted by Gasteiger charge is -2.30. The Labute approximate surface area is 84.4 Å². The number of hydrogen-bond acceptors (Lipinski definition) is 1. The average molecular weight is 254 g/mol. The van der Waals surface area contributed by atoms with Crippen molar-refractivity contribution in [1.82, 2.24) is 0 Å². The number of carbonyl (C=O) groups is 1. The maximum absolute atomic E-state index is 13.0. The van der Waals surface area contributed by atoms with Gasteiger partial charge in [-0.3, -0.25) is 0 Å². The summed E-state index contributed by atoms with van der Waals surface area (Å²) in [6, 6.07) is 0. The van der Waals surface area contributed by atoms with Crippen LogP contribution in [0.5, 0.6) is 0 Å². The zero-order chi connectivity index (χ0) is 13.4. The van der Waals surface area contributed by atoms with Crippen LogP contribution < -0.4 is 0 Å². The maximum atomic E-state index is 13.0. The van der Waals surface area contributed by atoms with Gasteiger partial charge < -0.3 is 5.11 Å². The Hall–Kier alpha value is -1.28. The number of aliphatic carboxylic acids is 1. The van der Waals surface area contributed by atoms with Gasteiger partial charge in [0.2, 0.25) is 0 Å². The Morgan fingerprint density at radius 3 is 1.50 bits per heavy atom. The monoisotopic (exact) mass is 254 g/mol. The van der Waals surface area contributed by atoms with E-state index in [1.54, 1.807) is 0 Å². The fourth-order valence-electron chi connectivity index (χ4n) is 0.893. The summed E-state index contributed by atoms with van der Waals surface area (Å²) in [4.78, 5) is 9.93. The molecule has 0 unspecified atom stereocenters. The van der Waals surface area contributed by atoms with E-state index in [1.807, 2.05) is 0 Å². The van der Waals surface area contributed by atoms with Crippen molar-refractivity contribution in [2.45, 2.75) is 24.9 Å². The predicted molar refractivity (Wildman–Crippen MR) is 37.3 cm³/mol. The highest BCUT2D eigenvalue weighted by Crippen LogP contribution is 2.50. The summed E-state index contributed by atoms with van der Waals surface area (Å²) in [6.45, 7) is 0.106. The van der Waals surface area contributed by atoms with E-state index in [4.69, 9.17) is 5.11 Å². The van der Waals surface area contributed by atoms with Crippen LogP contribution in [-0.4, -0.2) is 29.1 Å². The zero-order valence-corrected chi connectivity index (χ0v) is 7.58. The minimum atomic E-state index is -6.28. The van der Waals surface area contributed by atoms with Crippen molar-refractivity contribution >= 4 is 5.97 Å². The van der Waals surface area contributed by atoms with Gasteiger partial charge in [0.1, 0.15) is 0 Å². The van der Waals surface area contributed by atoms with Crippen LogP contribution in [0.2, 0.25) is 0 Å². The first kappa shape index (κ1) is 14.7. The molecule has 0 aliphatic heterocycles. The highest BCUT2D eigenvalue weighted by atomic mass is 19.4. The van der Waals surface area contributed by atoms with Gasteiger partial charge >= 0.3 is 24.0 Å². The highest BCUT2D eigenvalue weighted by Gasteiger charge is 2.73. The molecule has 0 radical (unpaired) electrons. The molecule has 1 N–H and O–H groups in total. The first-order valence-electron chi connectivity index (χ1n) is 3.58. The molecule has 0 bridgehead atoms. The number of carboxylic acids is 1. The molecule has 0 heterocycles. The smallest absolute Gasteiger partial charge is 0.435 e. The Morgan fingerprint density at radius 2 is 1.31 bits per heavy atom. The molecule has 0 aliphatic carbocycles. The van der Waals surface area contributed by atoms with Crippen molar-refractivity contribution in [1.29, 1.82) is 0 Å². The van der Waals surface area contributed by atoms with Crippen LogP contribution in [0.4, 0.5) is 30.7 Å². The van der Waals surface area contributed by atoms with E-state index in [0.29, 0.717) is 0 Å². The minimum absolute atomic E-state index is 0.106. The van der Waals surface area contributed by atoms with Gasteiger partial charge in [-0.05, 0) is 12.5 Å². The molecular weight excluding hydrogens is 249 g/mol. The van der Waals surface area contributed by atoms with Crippen molar-refractivity contribution < 1.29 is 40.6 Å². The summed E-state index contributed by atoms with van der Waals surface area (Å²) in [5.74, 6) is -2.10. The molecule has 0 aromatic heterocycles. The molecule has 0 aromatic rings. The van der Waals surface area contributed by atoms with Gasteiger partial charge in [-0.25, -0.2) is 9.18 Å². The molecule has 0 aliphatic rings. The summed E-state index contributed by atoms with van der Waals surface area (Å²) < 4.78 is 84.8. The largest absolute Gasteiger partial charge is 0.478 e. The second-order valence-electron chi connectivity index (χ2n) is 2.82. The molecule has 0 rings (SSSR count). The van der Waals surface area contributed by atoms with Crippen molar-refractivity contribution in [3.05, 3.63) is 11.6 Å². The number of hydrogen-bond donors (Lipinski definition) is 1. The van der Waals surface area contributed by atoms with Crippen LogP contribution in [0.1, 0.15) is 6.92 Å². The predicted octanol–water partition coefficient (Wildman–Crippen LogP) is 2.85. The van der Waals surface area contributed by atoms with E-state index in [1.165, 1.54) is 0 Å². The number of halogens is 7. The van der Waals surface area contributed by atoms with Crippen molar-refractivity contribution in [2.75, 3.05) is 0 Å². The fourth-order valence-corrected chi connectivity index (χ4v) is 0.893. The van der Waals surface area contributed by atoms with Crippen LogP contribution in [0, 0.1) is 0 Å². The quantitative estimate of drug-likeness (QED) is 0.607. The zero-order valence-electron chi connectivity index (χ0n) is 7.58. The minimum Gasteiger partial charge on any atom is -0.478 e. The van der Waals surface area contributed by atoms with E-state index >= 15 is 0 Å². The molecule has 0 saturated heterocycles. The third-order valence-electron chi connectivity index (χ3n) is 1.66. The van der Waals surface area contributed by atoms with Gasteiger partial charge in [0.25, 0.3) is 0 Å². The van der Waals surface area contributed by atoms with Crippen molar-refractivity contribution in [3.8, 4) is 0 Å². The summed E-state index contributed by atoms with van der Waals surface area (Å²) >= 11 is 0. The van der Waals surface area contributed by atoms with Crippen LogP contribution in [0.15, 0.2) is 11.6 Å². The molecule has 2 nitrogen and oxygen atoms in total. The Kier molecular flexibility index (Phi) is 3.63. The molecule has 9 heteroatoms. The SMILES string of the molecule is CC(=CC(=O)O)C(F)(C(F)(F)F)C(F)(F)F. The topological polar surface area (TPSA) is 37.3 Å². The van der Waals surface area contributed by atoms with E-state index in [-0.39, 0.29) is 6.92 Å². The van der Waals surface area contributed by atoms with Gasteiger partial charge in [0.15, 0.2) is 0 Å². The van der Waals surface area contributed by atoms with Crippen LogP contribution in [0.25, 0.3) is 0 Å². The molecule has 0 fully saturated rings. The molecule has 0 aromatic carbocycles. The first-order valence-corrected chi connectivity index (χ1v) is 3.58. The van der Waals surface area contributed by atoms with E-state index < -0.39 is 35.6 Å². The second-order valence-corrected chi connectivity index (χ2v) is 2.82. The number of carboxylic acid groups (broad SMARTS) is 1. The maximum Gasteiger partial charge on any atom is 0.435 e.